The molecule has 0 saturated carbocycles. The van der Waals surface area contributed by atoms with Gasteiger partial charge in [-0.25, -0.2) is 0 Å². The second-order valence-electron chi connectivity index (χ2n) is 4.62. The summed E-state index contributed by atoms with van der Waals surface area (Å²) < 4.78 is 0. The van der Waals surface area contributed by atoms with Gasteiger partial charge in [0.25, 0.3) is 0 Å². The molecule has 1 aliphatic heterocycles. The second-order valence-corrected chi connectivity index (χ2v) is 4.62. The van der Waals surface area contributed by atoms with Gasteiger partial charge in [0, 0.05) is 13.1 Å². The highest BCUT2D eigenvalue weighted by molar-refractivity contribution is 6.40. The van der Waals surface area contributed by atoms with E-state index >= 15 is 0 Å². The van der Waals surface area contributed by atoms with E-state index in [1.165, 1.54) is 4.90 Å². The van der Waals surface area contributed by atoms with E-state index in [0.29, 0.717) is 19.4 Å². The highest BCUT2D eigenvalue weighted by atomic mass is 16.4. The van der Waals surface area contributed by atoms with Crippen LogP contribution in [-0.4, -0.2) is 58.7 Å². The Bertz CT molecular complexity index is 313. The number of carboxylic acid groups (broad SMARTS) is 1. The third-order valence-corrected chi connectivity index (χ3v) is 3.32. The zero-order valence-corrected chi connectivity index (χ0v) is 10.2. The predicted molar refractivity (Wildman–Crippen MR) is 64.5 cm³/mol. The summed E-state index contributed by atoms with van der Waals surface area (Å²) in [6.07, 6.45) is 1.30. The van der Waals surface area contributed by atoms with Gasteiger partial charge in [-0.15, -0.1) is 0 Å². The van der Waals surface area contributed by atoms with Gasteiger partial charge in [-0.3, -0.25) is 9.59 Å². The van der Waals surface area contributed by atoms with Crippen LogP contribution in [0.3, 0.4) is 0 Å². The van der Waals surface area contributed by atoms with Gasteiger partial charge in [0.2, 0.25) is 5.91 Å². The van der Waals surface area contributed by atoms with E-state index in [0.717, 1.165) is 0 Å². The topological polar surface area (TPSA) is 124 Å². The molecular weight excluding hydrogens is 239 g/mol. The predicted octanol–water partition coefficient (Wildman–Crippen LogP) is -1.64. The van der Waals surface area contributed by atoms with Crippen LogP contribution in [0.4, 0.5) is 0 Å². The number of carbonyl (C=O) groups excluding carboxylic acids is 1. The van der Waals surface area contributed by atoms with Crippen molar-refractivity contribution in [3.63, 3.8) is 0 Å². The van der Waals surface area contributed by atoms with Gasteiger partial charge in [0.1, 0.15) is 0 Å². The molecule has 0 radical (unpaired) electrons. The van der Waals surface area contributed by atoms with E-state index in [1.54, 1.807) is 0 Å². The Kier molecular flexibility index (Phi) is 5.58. The van der Waals surface area contributed by atoms with Crippen LogP contribution >= 0.6 is 0 Å². The first kappa shape index (κ1) is 14.9. The van der Waals surface area contributed by atoms with Crippen molar-refractivity contribution in [2.24, 2.45) is 17.6 Å². The quantitative estimate of drug-likeness (QED) is 0.423. The lowest BCUT2D eigenvalue weighted by molar-refractivity contribution is -0.142. The molecule has 0 aromatic carbocycles. The fourth-order valence-electron chi connectivity index (χ4n) is 2.34. The fourth-order valence-corrected chi connectivity index (χ4v) is 2.34. The zero-order chi connectivity index (χ0) is 13.7. The van der Waals surface area contributed by atoms with E-state index in [4.69, 9.17) is 20.9 Å². The van der Waals surface area contributed by atoms with Crippen molar-refractivity contribution in [2.75, 3.05) is 19.6 Å². The molecule has 0 bridgehead atoms. The molecule has 0 aromatic heterocycles. The molecule has 1 fully saturated rings. The summed E-state index contributed by atoms with van der Waals surface area (Å²) in [5.41, 5.74) is 5.25. The maximum absolute atomic E-state index is 11.4. The van der Waals surface area contributed by atoms with E-state index in [1.807, 2.05) is 0 Å². The number of nitrogens with two attached hydrogens (primary N) is 1. The summed E-state index contributed by atoms with van der Waals surface area (Å²) in [4.78, 5) is 24.0. The van der Waals surface area contributed by atoms with Crippen molar-refractivity contribution in [3.05, 3.63) is 0 Å². The summed E-state index contributed by atoms with van der Waals surface area (Å²) in [6, 6.07) is 0. The van der Waals surface area contributed by atoms with Crippen LogP contribution in [0, 0.1) is 11.8 Å². The molecule has 18 heavy (non-hydrogen) atoms. The summed E-state index contributed by atoms with van der Waals surface area (Å²) >= 11 is 0. The Morgan fingerprint density at radius 1 is 1.33 bits per heavy atom. The minimum atomic E-state index is -1.36. The van der Waals surface area contributed by atoms with Gasteiger partial charge in [0.05, 0.1) is 12.5 Å². The Labute approximate surface area is 106 Å². The molecule has 1 rings (SSSR count). The molecule has 0 spiro atoms. The van der Waals surface area contributed by atoms with Crippen LogP contribution in [0.1, 0.15) is 12.8 Å². The van der Waals surface area contributed by atoms with Gasteiger partial charge >= 0.3 is 13.1 Å². The van der Waals surface area contributed by atoms with E-state index in [-0.39, 0.29) is 31.2 Å². The van der Waals surface area contributed by atoms with Crippen molar-refractivity contribution in [1.82, 2.24) is 4.90 Å². The molecule has 8 heteroatoms. The van der Waals surface area contributed by atoms with Crippen LogP contribution in [0.15, 0.2) is 0 Å². The Morgan fingerprint density at radius 3 is 2.50 bits per heavy atom. The first-order chi connectivity index (χ1) is 8.45. The van der Waals surface area contributed by atoms with Crippen molar-refractivity contribution in [2.45, 2.75) is 19.2 Å². The summed E-state index contributed by atoms with van der Waals surface area (Å²) in [7, 11) is -1.36. The maximum atomic E-state index is 11.4. The smallest absolute Gasteiger partial charge is 0.451 e. The third kappa shape index (κ3) is 3.97. The van der Waals surface area contributed by atoms with Gasteiger partial charge in [-0.1, -0.05) is 6.42 Å². The number of hydrogen-bond acceptors (Lipinski definition) is 5. The highest BCUT2D eigenvalue weighted by Gasteiger charge is 2.38. The monoisotopic (exact) mass is 258 g/mol. The highest BCUT2D eigenvalue weighted by Crippen LogP contribution is 2.28. The largest absolute Gasteiger partial charge is 0.481 e. The lowest BCUT2D eigenvalue weighted by Crippen LogP contribution is -2.34. The minimum absolute atomic E-state index is 0.117. The Balaban J connectivity index is 2.53. The lowest BCUT2D eigenvalue weighted by Gasteiger charge is -2.15. The molecule has 1 saturated heterocycles. The van der Waals surface area contributed by atoms with Crippen molar-refractivity contribution in [1.29, 1.82) is 0 Å². The molecule has 0 aliphatic carbocycles. The lowest BCUT2D eigenvalue weighted by atomic mass is 9.80. The van der Waals surface area contributed by atoms with Gasteiger partial charge in [-0.2, -0.15) is 0 Å². The molecule has 2 atom stereocenters. The van der Waals surface area contributed by atoms with E-state index < -0.39 is 19.0 Å². The molecule has 1 aliphatic rings. The van der Waals surface area contributed by atoms with Crippen LogP contribution in [0.5, 0.6) is 0 Å². The molecular formula is C10H19BN2O5. The van der Waals surface area contributed by atoms with Crippen molar-refractivity contribution < 1.29 is 24.7 Å². The third-order valence-electron chi connectivity index (χ3n) is 3.32. The fraction of sp³-hybridized carbons (Fsp3) is 0.800. The molecule has 7 nitrogen and oxygen atoms in total. The minimum Gasteiger partial charge on any atom is -0.481 e. The molecule has 0 aromatic rings. The number of likely N-dealkylation sites (tertiary alicyclic amines) is 1. The van der Waals surface area contributed by atoms with Crippen molar-refractivity contribution in [3.8, 4) is 0 Å². The first-order valence-electron chi connectivity index (χ1n) is 6.02. The Morgan fingerprint density at radius 2 is 2.00 bits per heavy atom. The first-order valence-corrected chi connectivity index (χ1v) is 6.02. The van der Waals surface area contributed by atoms with Crippen LogP contribution in [0.25, 0.3) is 0 Å². The number of carboxylic acids is 1. The number of hydrogen-bond donors (Lipinski definition) is 4. The second kappa shape index (κ2) is 6.72. The van der Waals surface area contributed by atoms with Crippen molar-refractivity contribution >= 4 is 19.0 Å². The molecule has 0 unspecified atom stereocenters. The normalized spacial score (nSPS) is 23.2. The van der Waals surface area contributed by atoms with E-state index in [9.17, 15) is 9.59 Å². The number of nitrogens with zero attached hydrogens (tertiary/aromatic N) is 1. The summed E-state index contributed by atoms with van der Waals surface area (Å²) in [5.74, 6) is -1.89. The standard InChI is InChI=1S/C10H19BN2O5/c12-4-9(14)13-5-7(2-1-3-11(17)18)8(6-13)10(15)16/h7-8,17-18H,1-6,12H2,(H,15,16)/t7-,8+/m0/s1. The van der Waals surface area contributed by atoms with Gasteiger partial charge in [0.15, 0.2) is 0 Å². The number of aliphatic carboxylic acids is 1. The summed E-state index contributed by atoms with van der Waals surface area (Å²) in [5, 5.41) is 26.6. The zero-order valence-electron chi connectivity index (χ0n) is 10.2. The van der Waals surface area contributed by atoms with Crippen LogP contribution in [-0.2, 0) is 9.59 Å². The SMILES string of the molecule is NCC(=O)N1C[C@H](CCCB(O)O)[C@H](C(=O)O)C1. The number of amides is 1. The molecule has 5 N–H and O–H groups in total. The molecule has 102 valence electrons. The van der Waals surface area contributed by atoms with Gasteiger partial charge < -0.3 is 25.8 Å². The summed E-state index contributed by atoms with van der Waals surface area (Å²) in [6.45, 7) is 0.459. The van der Waals surface area contributed by atoms with Crippen LogP contribution < -0.4 is 5.73 Å². The average molecular weight is 258 g/mol. The molecule has 1 amide bonds. The average Bonchev–Trinajstić information content (AvgIpc) is 2.72. The van der Waals surface area contributed by atoms with Gasteiger partial charge in [-0.05, 0) is 18.7 Å². The molecule has 1 heterocycles. The number of carbonyl (C=O) groups is 2. The number of rotatable bonds is 6. The maximum Gasteiger partial charge on any atom is 0.451 e. The van der Waals surface area contributed by atoms with E-state index in [2.05, 4.69) is 0 Å². The Hall–Kier alpha value is -1.12. The van der Waals surface area contributed by atoms with Crippen LogP contribution in [0.2, 0.25) is 6.32 Å².